The Balaban J connectivity index is 2.20. The number of nitrogens with two attached hydrogens (primary N) is 4. The molecular weight excluding hydrogens is 831 g/mol. The molecule has 6 atom stereocenters. The quantitative estimate of drug-likeness (QED) is 0.0653. The van der Waals surface area contributed by atoms with Crippen molar-refractivity contribution in [2.75, 3.05) is 45.6 Å². The molecule has 0 aliphatic carbocycles. The third-order valence-electron chi connectivity index (χ3n) is 10.9. The van der Waals surface area contributed by atoms with E-state index in [0.29, 0.717) is 59.6 Å². The molecule has 1 heterocycles. The highest BCUT2D eigenvalue weighted by atomic mass is 32.2. The average molecular weight is 902 g/mol. The van der Waals surface area contributed by atoms with Crippen molar-refractivity contribution in [2.45, 2.75) is 128 Å². The lowest BCUT2D eigenvalue weighted by Gasteiger charge is -2.33. The molecule has 19 heteroatoms. The molecule has 0 saturated carbocycles. The molecule has 0 spiro atoms. The number of nitrogens with one attached hydrogen (secondary N) is 4. The number of amides is 4. The zero-order valence-corrected chi connectivity index (χ0v) is 38.4. The topological polar surface area (TPSA) is 293 Å². The summed E-state index contributed by atoms with van der Waals surface area (Å²) in [5.41, 5.74) is 25.5. The smallest absolute Gasteiger partial charge is 0.248 e. The molecule has 4 amide bonds. The van der Waals surface area contributed by atoms with Gasteiger partial charge in [-0.15, -0.1) is 0 Å². The molecule has 0 saturated heterocycles. The van der Waals surface area contributed by atoms with Gasteiger partial charge in [-0.2, -0.15) is 0 Å². The van der Waals surface area contributed by atoms with Crippen LogP contribution in [-0.4, -0.2) is 119 Å². The highest BCUT2D eigenvalue weighted by Crippen LogP contribution is 2.40. The van der Waals surface area contributed by atoms with Gasteiger partial charge >= 0.3 is 0 Å². The fourth-order valence-corrected chi connectivity index (χ4v) is 8.72. The van der Waals surface area contributed by atoms with Crippen molar-refractivity contribution in [3.8, 4) is 22.6 Å². The average Bonchev–Trinajstić information content (AvgIpc) is 3.23. The molecule has 18 nitrogen and oxygen atoms in total. The Kier molecular flexibility index (Phi) is 21.9. The van der Waals surface area contributed by atoms with Crippen LogP contribution in [-0.2, 0) is 40.4 Å². The number of rotatable bonds is 25. The van der Waals surface area contributed by atoms with Crippen LogP contribution in [0.4, 0.5) is 0 Å². The van der Waals surface area contributed by atoms with Crippen LogP contribution >= 0.6 is 0 Å². The summed E-state index contributed by atoms with van der Waals surface area (Å²) in [6, 6.07) is 3.44. The maximum absolute atomic E-state index is 14.6. The Bertz CT molecular complexity index is 1950. The highest BCUT2D eigenvalue weighted by molar-refractivity contribution is 7.89. The monoisotopic (exact) mass is 902 g/mol. The lowest BCUT2D eigenvalue weighted by molar-refractivity contribution is -0.141. The number of Topliss-reactive ketones (excluding diaryl/α,β-unsaturated/α-hetero) is 1. The minimum absolute atomic E-state index is 0.0170. The van der Waals surface area contributed by atoms with Gasteiger partial charge in [0.1, 0.15) is 48.9 Å². The molecule has 1 aliphatic rings. The maximum Gasteiger partial charge on any atom is 0.248 e. The van der Waals surface area contributed by atoms with Gasteiger partial charge in [-0.25, -0.2) is 13.1 Å². The number of benzene rings is 2. The number of ketones is 1. The van der Waals surface area contributed by atoms with Crippen LogP contribution < -0.4 is 53.1 Å². The first-order valence-corrected chi connectivity index (χ1v) is 23.7. The van der Waals surface area contributed by atoms with Crippen LogP contribution in [0.5, 0.6) is 11.5 Å². The van der Waals surface area contributed by atoms with Gasteiger partial charge in [0.15, 0.2) is 5.78 Å². The Morgan fingerprint density at radius 1 is 0.857 bits per heavy atom. The number of unbranched alkanes of at least 4 members (excludes halogenated alkanes) is 5. The summed E-state index contributed by atoms with van der Waals surface area (Å²) in [4.78, 5) is 69.9. The molecule has 0 fully saturated rings. The summed E-state index contributed by atoms with van der Waals surface area (Å²) in [6.07, 6.45) is 6.40. The second-order valence-corrected chi connectivity index (χ2v) is 18.0. The summed E-state index contributed by atoms with van der Waals surface area (Å²) in [5, 5.41) is 8.08. The zero-order valence-electron chi connectivity index (χ0n) is 37.6. The number of sulfonamides is 1. The predicted molar refractivity (Wildman–Crippen MR) is 243 cm³/mol. The number of ether oxygens (including phenoxy) is 2. The van der Waals surface area contributed by atoms with Crippen molar-refractivity contribution >= 4 is 39.4 Å². The Hall–Kier alpha value is -4.66. The van der Waals surface area contributed by atoms with E-state index in [2.05, 4.69) is 27.6 Å². The Labute approximate surface area is 372 Å². The van der Waals surface area contributed by atoms with E-state index >= 15 is 0 Å². The molecule has 12 N–H and O–H groups in total. The summed E-state index contributed by atoms with van der Waals surface area (Å²) in [6.45, 7) is 7.36. The van der Waals surface area contributed by atoms with Gasteiger partial charge < -0.3 is 53.3 Å². The van der Waals surface area contributed by atoms with Gasteiger partial charge in [-0.3, -0.25) is 24.0 Å². The molecule has 4 bridgehead atoms. The van der Waals surface area contributed by atoms with Crippen molar-refractivity contribution in [3.05, 3.63) is 47.5 Å². The minimum Gasteiger partial charge on any atom is -0.492 e. The number of carbonyl (C=O) groups excluding carboxylic acids is 5. The van der Waals surface area contributed by atoms with Crippen molar-refractivity contribution < 1.29 is 41.9 Å². The minimum atomic E-state index is -4.09. The SMILES string of the molecule is CCCCCCCC(N)CS(=O)(=O)N[C@@H](CCCCN)C(=O)N(C)[C@@H]1C(=O)N[C@@H](C)C(=O)N[C@H](C(=O)N[C@@H](C)C(C)=O)Cc2ccc(OCCN)c(c2)-c2cc1ccc2OCCN. The van der Waals surface area contributed by atoms with E-state index in [1.165, 1.54) is 27.8 Å². The molecule has 0 radical (unpaired) electrons. The van der Waals surface area contributed by atoms with E-state index in [1.54, 1.807) is 36.4 Å². The number of hydrogen-bond acceptors (Lipinski definition) is 13. The Morgan fingerprint density at radius 3 is 2.10 bits per heavy atom. The third-order valence-corrected chi connectivity index (χ3v) is 12.4. The second-order valence-electron chi connectivity index (χ2n) is 16.2. The van der Waals surface area contributed by atoms with Crippen LogP contribution in [0.15, 0.2) is 36.4 Å². The molecular formula is C44H71N9O9S. The molecule has 3 rings (SSSR count). The highest BCUT2D eigenvalue weighted by Gasteiger charge is 2.37. The van der Waals surface area contributed by atoms with Crippen LogP contribution in [0.1, 0.15) is 103 Å². The van der Waals surface area contributed by atoms with Gasteiger partial charge in [0.05, 0.1) is 11.8 Å². The number of nitrogens with zero attached hydrogens (tertiary/aromatic N) is 1. The lowest BCUT2D eigenvalue weighted by Crippen LogP contribution is -2.57. The van der Waals surface area contributed by atoms with E-state index in [0.717, 1.165) is 37.0 Å². The molecule has 0 aromatic heterocycles. The molecule has 1 aliphatic heterocycles. The standard InChI is InChI=1S/C44H71N9O9S/c1-6-7-8-9-10-13-33(48)27-63(59,60)52-36(14-11-12-19-45)44(58)53(5)40-32-16-18-39(62-23-21-47)35(26-32)34-24-31(15-17-38(34)61-22-20-46)25-37(42(56)49-28(2)30(4)54)51-41(55)29(3)50-43(40)57/h15-18,24,26,28-29,33,36-37,40,52H,6-14,19-23,25,27,45-48H2,1-5H3,(H,49,56)(H,50,57)(H,51,55)/t28-,29-,33?,36-,37-,40-/m0/s1. The van der Waals surface area contributed by atoms with E-state index < -0.39 is 75.7 Å². The van der Waals surface area contributed by atoms with Crippen LogP contribution in [0.25, 0.3) is 11.1 Å². The van der Waals surface area contributed by atoms with Gasteiger partial charge in [-0.1, -0.05) is 57.6 Å². The summed E-state index contributed by atoms with van der Waals surface area (Å²) in [7, 11) is -2.70. The lowest BCUT2D eigenvalue weighted by atomic mass is 9.93. The number of likely N-dealkylation sites (N-methyl/N-ethyl adjacent to an activating group) is 1. The first kappa shape index (κ1) is 52.7. The van der Waals surface area contributed by atoms with E-state index in [-0.39, 0.29) is 44.9 Å². The molecule has 1 unspecified atom stereocenters. The predicted octanol–water partition coefficient (Wildman–Crippen LogP) is 1.27. The fourth-order valence-electron chi connectivity index (χ4n) is 7.24. The maximum atomic E-state index is 14.6. The van der Waals surface area contributed by atoms with Crippen LogP contribution in [0.2, 0.25) is 0 Å². The summed E-state index contributed by atoms with van der Waals surface area (Å²) in [5.74, 6) is -2.77. The molecule has 2 aromatic carbocycles. The van der Waals surface area contributed by atoms with Crippen LogP contribution in [0.3, 0.4) is 0 Å². The van der Waals surface area contributed by atoms with Gasteiger partial charge in [0, 0.05) is 43.7 Å². The second kappa shape index (κ2) is 26.2. The summed E-state index contributed by atoms with van der Waals surface area (Å²) >= 11 is 0. The first-order chi connectivity index (χ1) is 30.0. The van der Waals surface area contributed by atoms with E-state index in [9.17, 15) is 32.4 Å². The van der Waals surface area contributed by atoms with Crippen molar-refractivity contribution in [1.29, 1.82) is 0 Å². The number of carbonyl (C=O) groups is 5. The normalized spacial score (nSPS) is 18.2. The van der Waals surface area contributed by atoms with Gasteiger partial charge in [0.25, 0.3) is 0 Å². The van der Waals surface area contributed by atoms with Gasteiger partial charge in [0.2, 0.25) is 33.7 Å². The fraction of sp³-hybridized carbons (Fsp3) is 0.614. The van der Waals surface area contributed by atoms with Gasteiger partial charge in [-0.05, 0) is 82.0 Å². The molecule has 352 valence electrons. The van der Waals surface area contributed by atoms with Crippen molar-refractivity contribution in [2.24, 2.45) is 22.9 Å². The first-order valence-electron chi connectivity index (χ1n) is 22.0. The summed E-state index contributed by atoms with van der Waals surface area (Å²) < 4.78 is 42.0. The molecule has 2 aromatic rings. The number of fused-ring (bicyclic) bond motifs is 5. The van der Waals surface area contributed by atoms with Crippen LogP contribution in [0, 0.1) is 0 Å². The molecule has 63 heavy (non-hydrogen) atoms. The van der Waals surface area contributed by atoms with E-state index in [4.69, 9.17) is 32.4 Å². The third kappa shape index (κ3) is 16.4. The largest absolute Gasteiger partial charge is 0.492 e. The van der Waals surface area contributed by atoms with E-state index in [1.807, 2.05) is 0 Å². The number of hydrogen-bond donors (Lipinski definition) is 8. The zero-order chi connectivity index (χ0) is 46.7. The van der Waals surface area contributed by atoms with Crippen molar-refractivity contribution in [3.63, 3.8) is 0 Å². The Morgan fingerprint density at radius 2 is 1.48 bits per heavy atom. The van der Waals surface area contributed by atoms with Crippen molar-refractivity contribution in [1.82, 2.24) is 25.6 Å².